The van der Waals surface area contributed by atoms with Crippen molar-refractivity contribution in [3.05, 3.63) is 27.9 Å². The first-order valence-electron chi connectivity index (χ1n) is 4.65. The second-order valence-corrected chi connectivity index (χ2v) is 3.00. The van der Waals surface area contributed by atoms with E-state index < -0.39 is 10.9 Å². The molecule has 1 aromatic rings. The first-order chi connectivity index (χ1) is 7.15. The van der Waals surface area contributed by atoms with Gasteiger partial charge in [-0.25, -0.2) is 9.78 Å². The molecule has 1 heterocycles. The number of hydrogen-bond acceptors (Lipinski definition) is 4. The molecule has 6 heteroatoms. The van der Waals surface area contributed by atoms with Crippen molar-refractivity contribution in [1.29, 1.82) is 0 Å². The quantitative estimate of drug-likeness (QED) is 0.349. The van der Waals surface area contributed by atoms with Crippen LogP contribution in [0.1, 0.15) is 30.3 Å². The second kappa shape index (κ2) is 5.14. The summed E-state index contributed by atoms with van der Waals surface area (Å²) in [6.45, 7) is 2.31. The summed E-state index contributed by atoms with van der Waals surface area (Å²) >= 11 is 0. The van der Waals surface area contributed by atoms with Gasteiger partial charge in [0.1, 0.15) is 0 Å². The van der Waals surface area contributed by atoms with Crippen LogP contribution in [0, 0.1) is 10.1 Å². The fourth-order valence-electron chi connectivity index (χ4n) is 0.996. The number of carbonyl (C=O) groups is 1. The molecule has 1 rings (SSSR count). The maximum Gasteiger partial charge on any atom is 0.378 e. The Hall–Kier alpha value is -1.85. The average molecular weight is 212 g/mol. The third kappa shape index (κ3) is 3.08. The molecule has 0 saturated carbocycles. The topological polar surface area (TPSA) is 85.2 Å². The Morgan fingerprint density at radius 3 is 2.87 bits per heavy atom. The smallest absolute Gasteiger partial charge is 0.378 e. The zero-order chi connectivity index (χ0) is 11.3. The van der Waals surface area contributed by atoms with Crippen LogP contribution in [0.4, 0.5) is 5.82 Å². The number of aromatic nitrogens is 1. The van der Waals surface area contributed by atoms with Crippen molar-refractivity contribution in [2.24, 2.45) is 0 Å². The molecule has 1 aromatic heterocycles. The number of H-pyrrole nitrogens is 1. The predicted molar refractivity (Wildman–Crippen MR) is 52.6 cm³/mol. The fourth-order valence-corrected chi connectivity index (χ4v) is 0.996. The molecule has 0 saturated heterocycles. The summed E-state index contributed by atoms with van der Waals surface area (Å²) in [7, 11) is 0. The summed E-state index contributed by atoms with van der Waals surface area (Å²) in [6.07, 6.45) is 1.71. The van der Waals surface area contributed by atoms with Gasteiger partial charge in [0, 0.05) is 12.1 Å². The number of nitrogens with zero attached hydrogens (tertiary/aromatic N) is 1. The van der Waals surface area contributed by atoms with Crippen molar-refractivity contribution in [2.75, 3.05) is 6.61 Å². The van der Waals surface area contributed by atoms with Crippen LogP contribution in [0.5, 0.6) is 0 Å². The van der Waals surface area contributed by atoms with Gasteiger partial charge in [0.05, 0.1) is 6.61 Å². The summed E-state index contributed by atoms with van der Waals surface area (Å²) < 4.78 is 4.87. The van der Waals surface area contributed by atoms with Crippen LogP contribution in [-0.2, 0) is 4.74 Å². The molecule has 0 amide bonds. The van der Waals surface area contributed by atoms with Crippen LogP contribution >= 0.6 is 0 Å². The van der Waals surface area contributed by atoms with E-state index in [-0.39, 0.29) is 11.5 Å². The van der Waals surface area contributed by atoms with Gasteiger partial charge in [-0.2, -0.15) is 0 Å². The van der Waals surface area contributed by atoms with E-state index >= 15 is 0 Å². The molecule has 0 bridgehead atoms. The van der Waals surface area contributed by atoms with Crippen molar-refractivity contribution < 1.29 is 14.5 Å². The molecule has 15 heavy (non-hydrogen) atoms. The van der Waals surface area contributed by atoms with Crippen LogP contribution in [0.25, 0.3) is 0 Å². The lowest BCUT2D eigenvalue weighted by Gasteiger charge is -1.99. The summed E-state index contributed by atoms with van der Waals surface area (Å²) in [5.41, 5.74) is 0.109. The van der Waals surface area contributed by atoms with Crippen molar-refractivity contribution >= 4 is 11.8 Å². The monoisotopic (exact) mass is 212 g/mol. The van der Waals surface area contributed by atoms with Gasteiger partial charge in [0.2, 0.25) is 5.69 Å². The number of unbranched alkanes of at least 4 members (excludes halogenated alkanes) is 1. The maximum absolute atomic E-state index is 11.3. The standard InChI is InChI=1S/C9H12N2O4/c1-2-3-6-15-9(12)7-4-5-8(10-7)11(13)14/h4-5,10H,2-3,6H2,1H3. The Kier molecular flexibility index (Phi) is 3.84. The summed E-state index contributed by atoms with van der Waals surface area (Å²) in [5.74, 6) is -0.769. The van der Waals surface area contributed by atoms with Crippen LogP contribution in [0.3, 0.4) is 0 Å². The Balaban J connectivity index is 2.54. The van der Waals surface area contributed by atoms with Crippen LogP contribution in [0.15, 0.2) is 12.1 Å². The summed E-state index contributed by atoms with van der Waals surface area (Å²) in [4.78, 5) is 23.4. The summed E-state index contributed by atoms with van der Waals surface area (Å²) in [5, 5.41) is 10.3. The first-order valence-corrected chi connectivity index (χ1v) is 4.65. The van der Waals surface area contributed by atoms with Crippen molar-refractivity contribution in [3.8, 4) is 0 Å². The Bertz CT molecular complexity index is 359. The van der Waals surface area contributed by atoms with E-state index in [0.29, 0.717) is 6.61 Å². The third-order valence-corrected chi connectivity index (χ3v) is 1.82. The molecular formula is C9H12N2O4. The number of esters is 1. The van der Waals surface area contributed by atoms with Crippen molar-refractivity contribution in [3.63, 3.8) is 0 Å². The highest BCUT2D eigenvalue weighted by Crippen LogP contribution is 2.10. The van der Waals surface area contributed by atoms with Crippen LogP contribution in [-0.4, -0.2) is 22.5 Å². The van der Waals surface area contributed by atoms with Crippen LogP contribution in [0.2, 0.25) is 0 Å². The van der Waals surface area contributed by atoms with Gasteiger partial charge in [-0.05, 0) is 11.3 Å². The van der Waals surface area contributed by atoms with Gasteiger partial charge in [0.15, 0.2) is 0 Å². The lowest BCUT2D eigenvalue weighted by Crippen LogP contribution is -2.06. The van der Waals surface area contributed by atoms with Gasteiger partial charge >= 0.3 is 11.8 Å². The molecule has 0 radical (unpaired) electrons. The number of ether oxygens (including phenoxy) is 1. The minimum Gasteiger partial charge on any atom is -0.459 e. The molecule has 0 fully saturated rings. The van der Waals surface area contributed by atoms with E-state index in [1.54, 1.807) is 0 Å². The number of nitrogens with one attached hydrogen (secondary N) is 1. The van der Waals surface area contributed by atoms with Crippen LogP contribution < -0.4 is 0 Å². The van der Waals surface area contributed by atoms with Crippen molar-refractivity contribution in [1.82, 2.24) is 4.98 Å². The third-order valence-electron chi connectivity index (χ3n) is 1.82. The molecule has 0 spiro atoms. The number of hydrogen-bond donors (Lipinski definition) is 1. The highest BCUT2D eigenvalue weighted by atomic mass is 16.6. The van der Waals surface area contributed by atoms with Gasteiger partial charge in [-0.1, -0.05) is 13.3 Å². The van der Waals surface area contributed by atoms with E-state index in [0.717, 1.165) is 12.8 Å². The van der Waals surface area contributed by atoms with Crippen molar-refractivity contribution in [2.45, 2.75) is 19.8 Å². The molecule has 0 aliphatic rings. The number of nitro groups is 1. The average Bonchev–Trinajstić information content (AvgIpc) is 2.66. The van der Waals surface area contributed by atoms with E-state index in [9.17, 15) is 14.9 Å². The minimum absolute atomic E-state index is 0.109. The number of rotatable bonds is 5. The number of aromatic amines is 1. The lowest BCUT2D eigenvalue weighted by molar-refractivity contribution is -0.389. The Labute approximate surface area is 86.4 Å². The van der Waals surface area contributed by atoms with Gasteiger partial charge < -0.3 is 14.9 Å². The maximum atomic E-state index is 11.3. The molecule has 0 aromatic carbocycles. The Morgan fingerprint density at radius 1 is 1.60 bits per heavy atom. The minimum atomic E-state index is -0.594. The molecule has 82 valence electrons. The predicted octanol–water partition coefficient (Wildman–Crippen LogP) is 1.88. The lowest BCUT2D eigenvalue weighted by atomic mass is 10.3. The second-order valence-electron chi connectivity index (χ2n) is 3.00. The molecular weight excluding hydrogens is 200 g/mol. The van der Waals surface area contributed by atoms with E-state index in [1.165, 1.54) is 12.1 Å². The zero-order valence-electron chi connectivity index (χ0n) is 8.36. The first kappa shape index (κ1) is 11.2. The summed E-state index contributed by atoms with van der Waals surface area (Å²) in [6, 6.07) is 2.57. The van der Waals surface area contributed by atoms with Gasteiger partial charge in [0.25, 0.3) is 0 Å². The molecule has 6 nitrogen and oxygen atoms in total. The molecule has 1 N–H and O–H groups in total. The number of carbonyl (C=O) groups excluding carboxylic acids is 1. The highest BCUT2D eigenvalue weighted by Gasteiger charge is 2.16. The molecule has 0 aliphatic heterocycles. The molecule has 0 atom stereocenters. The Morgan fingerprint density at radius 2 is 2.33 bits per heavy atom. The normalized spacial score (nSPS) is 9.93. The fraction of sp³-hybridized carbons (Fsp3) is 0.444. The largest absolute Gasteiger partial charge is 0.459 e. The van der Waals surface area contributed by atoms with E-state index in [4.69, 9.17) is 4.74 Å². The highest BCUT2D eigenvalue weighted by molar-refractivity contribution is 5.87. The van der Waals surface area contributed by atoms with E-state index in [2.05, 4.69) is 4.98 Å². The SMILES string of the molecule is CCCCOC(=O)c1ccc([N+](=O)[O-])[nH]1. The molecule has 0 unspecified atom stereocenters. The van der Waals surface area contributed by atoms with Gasteiger partial charge in [-0.15, -0.1) is 0 Å². The zero-order valence-corrected chi connectivity index (χ0v) is 8.36. The van der Waals surface area contributed by atoms with Gasteiger partial charge in [-0.3, -0.25) is 0 Å². The molecule has 0 aliphatic carbocycles. The van der Waals surface area contributed by atoms with E-state index in [1.807, 2.05) is 6.92 Å².